The summed E-state index contributed by atoms with van der Waals surface area (Å²) in [6.45, 7) is 5.72. The fourth-order valence-corrected chi connectivity index (χ4v) is 4.68. The number of carbonyl (C=O) groups excluding carboxylic acids is 2. The minimum absolute atomic E-state index is 0.144. The molecule has 0 spiro atoms. The van der Waals surface area contributed by atoms with E-state index in [9.17, 15) is 27.5 Å². The van der Waals surface area contributed by atoms with Gasteiger partial charge in [-0.2, -0.15) is 0 Å². The molecule has 184 valence electrons. The van der Waals surface area contributed by atoms with E-state index < -0.39 is 33.2 Å². The highest BCUT2D eigenvalue weighted by Crippen LogP contribution is 2.36. The fourth-order valence-electron chi connectivity index (χ4n) is 3.32. The number of carbonyl (C=O) groups is 2. The zero-order valence-electron chi connectivity index (χ0n) is 19.4. The summed E-state index contributed by atoms with van der Waals surface area (Å²) < 4.78 is 45.1. The molecule has 0 heterocycles. The van der Waals surface area contributed by atoms with Crippen LogP contribution >= 0.6 is 0 Å². The van der Waals surface area contributed by atoms with E-state index in [0.29, 0.717) is 35.5 Å². The summed E-state index contributed by atoms with van der Waals surface area (Å²) in [7, 11) is -4.14. The van der Waals surface area contributed by atoms with Crippen LogP contribution in [0.5, 0.6) is 17.2 Å². The molecule has 0 unspecified atom stereocenters. The number of phenols is 1. The molecular weight excluding hydrogens is 475 g/mol. The molecular formula is C25H25FN2O6S. The van der Waals surface area contributed by atoms with E-state index in [0.717, 1.165) is 24.3 Å². The van der Waals surface area contributed by atoms with E-state index >= 15 is 0 Å². The monoisotopic (exact) mass is 500 g/mol. The third-order valence-electron chi connectivity index (χ3n) is 5.02. The lowest BCUT2D eigenvalue weighted by Gasteiger charge is -2.15. The number of anilines is 1. The minimum Gasteiger partial charge on any atom is -0.507 e. The summed E-state index contributed by atoms with van der Waals surface area (Å²) in [5.41, 5.74) is 1.63. The number of ether oxygens (including phenoxy) is 1. The number of aryl methyl sites for hydroxylation is 2. The summed E-state index contributed by atoms with van der Waals surface area (Å²) in [5, 5.41) is 15.2. The van der Waals surface area contributed by atoms with Gasteiger partial charge < -0.3 is 20.5 Å². The molecule has 0 aliphatic rings. The molecule has 3 aromatic carbocycles. The summed E-state index contributed by atoms with van der Waals surface area (Å²) >= 11 is 0. The first kappa shape index (κ1) is 25.7. The largest absolute Gasteiger partial charge is 0.507 e. The van der Waals surface area contributed by atoms with Crippen molar-refractivity contribution in [1.29, 1.82) is 0 Å². The first-order valence-corrected chi connectivity index (χ1v) is 12.2. The van der Waals surface area contributed by atoms with Crippen molar-refractivity contribution < 1.29 is 32.2 Å². The van der Waals surface area contributed by atoms with E-state index in [1.807, 2.05) is 6.92 Å². The number of halogens is 1. The van der Waals surface area contributed by atoms with Gasteiger partial charge in [0.15, 0.2) is 0 Å². The first-order chi connectivity index (χ1) is 16.5. The third kappa shape index (κ3) is 5.96. The van der Waals surface area contributed by atoms with Gasteiger partial charge in [0.2, 0.25) is 9.84 Å². The SMILES string of the molecule is CCCNC(=O)C(=O)Nc1cc(C)c(Oc2ccc(O)c(S(=O)(=O)c3ccc(F)cc3)c2)c(C)c1. The van der Waals surface area contributed by atoms with Crippen LogP contribution in [0.3, 0.4) is 0 Å². The van der Waals surface area contributed by atoms with Gasteiger partial charge in [0.1, 0.15) is 28.0 Å². The summed E-state index contributed by atoms with van der Waals surface area (Å²) in [6.07, 6.45) is 0.702. The van der Waals surface area contributed by atoms with Gasteiger partial charge in [0.25, 0.3) is 0 Å². The Morgan fingerprint density at radius 2 is 1.60 bits per heavy atom. The van der Waals surface area contributed by atoms with Crippen molar-refractivity contribution in [3.8, 4) is 17.2 Å². The average Bonchev–Trinajstić information content (AvgIpc) is 2.81. The Morgan fingerprint density at radius 1 is 0.971 bits per heavy atom. The molecule has 35 heavy (non-hydrogen) atoms. The van der Waals surface area contributed by atoms with E-state index in [2.05, 4.69) is 10.6 Å². The zero-order chi connectivity index (χ0) is 25.8. The molecule has 0 atom stereocenters. The number of sulfone groups is 1. The molecule has 2 amide bonds. The molecule has 3 N–H and O–H groups in total. The molecule has 0 fully saturated rings. The fraction of sp³-hybridized carbons (Fsp3) is 0.200. The van der Waals surface area contributed by atoms with Crippen molar-refractivity contribution in [3.05, 3.63) is 71.5 Å². The predicted molar refractivity (Wildman–Crippen MR) is 128 cm³/mol. The summed E-state index contributed by atoms with van der Waals surface area (Å²) in [5.74, 6) is -2.03. The van der Waals surface area contributed by atoms with Crippen molar-refractivity contribution in [2.45, 2.75) is 37.0 Å². The van der Waals surface area contributed by atoms with E-state index in [4.69, 9.17) is 4.74 Å². The topological polar surface area (TPSA) is 122 Å². The van der Waals surface area contributed by atoms with Crippen molar-refractivity contribution in [1.82, 2.24) is 5.32 Å². The smallest absolute Gasteiger partial charge is 0.313 e. The molecule has 0 radical (unpaired) electrons. The van der Waals surface area contributed by atoms with Crippen LogP contribution < -0.4 is 15.4 Å². The molecule has 0 aliphatic heterocycles. The van der Waals surface area contributed by atoms with Crippen LogP contribution in [0, 0.1) is 19.7 Å². The van der Waals surface area contributed by atoms with E-state index in [-0.39, 0.29) is 15.5 Å². The Kier molecular flexibility index (Phi) is 7.75. The molecule has 0 aliphatic carbocycles. The second kappa shape index (κ2) is 10.6. The summed E-state index contributed by atoms with van der Waals surface area (Å²) in [4.78, 5) is 23.3. The van der Waals surface area contributed by atoms with Crippen molar-refractivity contribution in [2.24, 2.45) is 0 Å². The standard InChI is InChI=1S/C25H25FN2O6S/c1-4-11-27-24(30)25(31)28-18-12-15(2)23(16(3)13-18)34-19-7-10-21(29)22(14-19)35(32,33)20-8-5-17(26)6-9-20/h5-10,12-14,29H,4,11H2,1-3H3,(H,27,30)(H,28,31). The lowest BCUT2D eigenvalue weighted by atomic mass is 10.1. The highest BCUT2D eigenvalue weighted by molar-refractivity contribution is 7.91. The third-order valence-corrected chi connectivity index (χ3v) is 6.82. The minimum atomic E-state index is -4.14. The van der Waals surface area contributed by atoms with E-state index in [1.165, 1.54) is 18.2 Å². The molecule has 10 heteroatoms. The number of rotatable bonds is 7. The van der Waals surface area contributed by atoms with E-state index in [1.54, 1.807) is 26.0 Å². The second-order valence-electron chi connectivity index (χ2n) is 7.84. The van der Waals surface area contributed by atoms with Gasteiger partial charge in [-0.25, -0.2) is 12.8 Å². The Labute approximate surface area is 202 Å². The van der Waals surface area contributed by atoms with Crippen LogP contribution in [0.2, 0.25) is 0 Å². The Morgan fingerprint density at radius 3 is 2.20 bits per heavy atom. The quantitative estimate of drug-likeness (QED) is 0.330. The Bertz CT molecular complexity index is 1350. The lowest BCUT2D eigenvalue weighted by Crippen LogP contribution is -2.35. The molecule has 8 nitrogen and oxygen atoms in total. The highest BCUT2D eigenvalue weighted by Gasteiger charge is 2.23. The second-order valence-corrected chi connectivity index (χ2v) is 9.76. The first-order valence-electron chi connectivity index (χ1n) is 10.7. The zero-order valence-corrected chi connectivity index (χ0v) is 20.2. The molecule has 0 aromatic heterocycles. The summed E-state index contributed by atoms with van der Waals surface area (Å²) in [6, 6.07) is 11.3. The van der Waals surface area contributed by atoms with Gasteiger partial charge in [-0.1, -0.05) is 6.92 Å². The van der Waals surface area contributed by atoms with Crippen molar-refractivity contribution in [3.63, 3.8) is 0 Å². The van der Waals surface area contributed by atoms with Crippen LogP contribution in [-0.4, -0.2) is 31.9 Å². The average molecular weight is 501 g/mol. The lowest BCUT2D eigenvalue weighted by molar-refractivity contribution is -0.136. The number of amides is 2. The van der Waals surface area contributed by atoms with Crippen LogP contribution in [0.1, 0.15) is 24.5 Å². The van der Waals surface area contributed by atoms with Gasteiger partial charge in [-0.05, 0) is 79.9 Å². The number of aromatic hydroxyl groups is 1. The van der Waals surface area contributed by atoms with Gasteiger partial charge >= 0.3 is 11.8 Å². The maximum absolute atomic E-state index is 13.2. The molecule has 0 bridgehead atoms. The maximum Gasteiger partial charge on any atom is 0.313 e. The van der Waals surface area contributed by atoms with Gasteiger partial charge in [-0.3, -0.25) is 9.59 Å². The molecule has 0 saturated heterocycles. The molecule has 3 aromatic rings. The molecule has 3 rings (SSSR count). The predicted octanol–water partition coefficient (Wildman–Crippen LogP) is 4.24. The molecule has 0 saturated carbocycles. The van der Waals surface area contributed by atoms with Crippen molar-refractivity contribution >= 4 is 27.3 Å². The number of phenolic OH excluding ortho intramolecular Hbond substituents is 1. The highest BCUT2D eigenvalue weighted by atomic mass is 32.2. The normalized spacial score (nSPS) is 11.1. The van der Waals surface area contributed by atoms with Crippen LogP contribution in [-0.2, 0) is 19.4 Å². The number of nitrogens with one attached hydrogen (secondary N) is 2. The number of benzene rings is 3. The van der Waals surface area contributed by atoms with Gasteiger partial charge in [-0.15, -0.1) is 0 Å². The maximum atomic E-state index is 13.2. The number of hydrogen-bond donors (Lipinski definition) is 3. The van der Waals surface area contributed by atoms with Crippen LogP contribution in [0.15, 0.2) is 64.4 Å². The van der Waals surface area contributed by atoms with Crippen molar-refractivity contribution in [2.75, 3.05) is 11.9 Å². The van der Waals surface area contributed by atoms with Crippen LogP contribution in [0.4, 0.5) is 10.1 Å². The van der Waals surface area contributed by atoms with Gasteiger partial charge in [0, 0.05) is 18.3 Å². The Balaban J connectivity index is 1.86. The van der Waals surface area contributed by atoms with Gasteiger partial charge in [0.05, 0.1) is 4.90 Å². The number of hydrogen-bond acceptors (Lipinski definition) is 6. The van der Waals surface area contributed by atoms with Crippen LogP contribution in [0.25, 0.3) is 0 Å². The Hall–Kier alpha value is -3.92.